The van der Waals surface area contributed by atoms with E-state index in [1.165, 1.54) is 0 Å². The van der Waals surface area contributed by atoms with Crippen LogP contribution in [0.15, 0.2) is 54.3 Å². The summed E-state index contributed by atoms with van der Waals surface area (Å²) in [4.78, 5) is 22.7. The summed E-state index contributed by atoms with van der Waals surface area (Å²) in [6.07, 6.45) is 5.49. The maximum absolute atomic E-state index is 11.9. The number of carboxylic acids is 1. The van der Waals surface area contributed by atoms with Gasteiger partial charge >= 0.3 is 5.97 Å². The third-order valence-corrected chi connectivity index (χ3v) is 2.68. The number of carbonyl (C=O) groups is 2. The molecular formula is C14H13NO3. The first kappa shape index (κ1) is 12.1. The van der Waals surface area contributed by atoms with E-state index >= 15 is 0 Å². The van der Waals surface area contributed by atoms with Gasteiger partial charge in [-0.2, -0.15) is 0 Å². The topological polar surface area (TPSA) is 66.4 Å². The molecule has 0 fully saturated rings. The van der Waals surface area contributed by atoms with Crippen molar-refractivity contribution in [3.05, 3.63) is 59.8 Å². The predicted molar refractivity (Wildman–Crippen MR) is 66.9 cm³/mol. The molecule has 0 spiro atoms. The fraction of sp³-hybridized carbons (Fsp3) is 0.143. The zero-order valence-electron chi connectivity index (χ0n) is 9.67. The molecule has 0 bridgehead atoms. The van der Waals surface area contributed by atoms with Crippen LogP contribution in [0.5, 0.6) is 0 Å². The van der Waals surface area contributed by atoms with Crippen molar-refractivity contribution < 1.29 is 14.7 Å². The Kier molecular flexibility index (Phi) is 3.57. The Hall–Kier alpha value is -2.36. The summed E-state index contributed by atoms with van der Waals surface area (Å²) in [6, 6.07) is 8.80. The molecule has 1 amide bonds. The summed E-state index contributed by atoms with van der Waals surface area (Å²) in [7, 11) is 0. The highest BCUT2D eigenvalue weighted by molar-refractivity contribution is 5.95. The van der Waals surface area contributed by atoms with E-state index in [4.69, 9.17) is 5.11 Å². The lowest BCUT2D eigenvalue weighted by atomic mass is 9.99. The Balaban J connectivity index is 2.08. The van der Waals surface area contributed by atoms with Crippen molar-refractivity contribution in [1.29, 1.82) is 0 Å². The highest BCUT2D eigenvalue weighted by atomic mass is 16.4. The molecule has 0 heterocycles. The third-order valence-electron chi connectivity index (χ3n) is 2.68. The van der Waals surface area contributed by atoms with Crippen molar-refractivity contribution >= 4 is 11.9 Å². The Bertz CT molecular complexity index is 517. The minimum absolute atomic E-state index is 0.238. The average molecular weight is 243 g/mol. The Morgan fingerprint density at radius 2 is 1.94 bits per heavy atom. The van der Waals surface area contributed by atoms with E-state index in [1.54, 1.807) is 42.5 Å². The van der Waals surface area contributed by atoms with Crippen LogP contribution in [0.1, 0.15) is 16.8 Å². The van der Waals surface area contributed by atoms with Gasteiger partial charge in [-0.25, -0.2) is 0 Å². The van der Waals surface area contributed by atoms with Gasteiger partial charge in [-0.05, 0) is 30.7 Å². The van der Waals surface area contributed by atoms with E-state index in [1.807, 2.05) is 6.07 Å². The van der Waals surface area contributed by atoms with Gasteiger partial charge in [-0.1, -0.05) is 24.3 Å². The standard InChI is InChI=1S/C14H13NO3/c16-13(10-5-2-1-3-6-10)15-12-8-4-7-11(9-12)14(17)18/h1-6,8-9,11H,7H2,(H,15,16)(H,17,18). The summed E-state index contributed by atoms with van der Waals surface area (Å²) in [6.45, 7) is 0. The number of hydrogen-bond acceptors (Lipinski definition) is 2. The van der Waals surface area contributed by atoms with Gasteiger partial charge in [0, 0.05) is 11.3 Å². The first-order valence-electron chi connectivity index (χ1n) is 5.64. The zero-order chi connectivity index (χ0) is 13.0. The Morgan fingerprint density at radius 1 is 1.22 bits per heavy atom. The molecule has 92 valence electrons. The molecule has 1 unspecified atom stereocenters. The monoisotopic (exact) mass is 243 g/mol. The van der Waals surface area contributed by atoms with Gasteiger partial charge in [0.25, 0.3) is 5.91 Å². The van der Waals surface area contributed by atoms with Crippen molar-refractivity contribution in [2.75, 3.05) is 0 Å². The second kappa shape index (κ2) is 5.31. The molecule has 1 atom stereocenters. The first-order valence-corrected chi connectivity index (χ1v) is 5.64. The molecule has 0 aromatic heterocycles. The van der Waals surface area contributed by atoms with Gasteiger partial charge in [0.05, 0.1) is 5.92 Å². The van der Waals surface area contributed by atoms with Gasteiger partial charge < -0.3 is 10.4 Å². The van der Waals surface area contributed by atoms with Gasteiger partial charge in [-0.15, -0.1) is 0 Å². The number of aliphatic carboxylic acids is 1. The lowest BCUT2D eigenvalue weighted by Crippen LogP contribution is -2.24. The van der Waals surface area contributed by atoms with Crippen molar-refractivity contribution in [2.24, 2.45) is 5.92 Å². The minimum atomic E-state index is -0.884. The quantitative estimate of drug-likeness (QED) is 0.852. The second-order valence-corrected chi connectivity index (χ2v) is 4.02. The van der Waals surface area contributed by atoms with Crippen LogP contribution in [0.2, 0.25) is 0 Å². The van der Waals surface area contributed by atoms with Gasteiger partial charge in [0.15, 0.2) is 0 Å². The molecular weight excluding hydrogens is 230 g/mol. The summed E-state index contributed by atoms with van der Waals surface area (Å²) >= 11 is 0. The van der Waals surface area contributed by atoms with Crippen LogP contribution in [-0.2, 0) is 4.79 Å². The molecule has 4 heteroatoms. The maximum atomic E-state index is 11.9. The number of hydrogen-bond donors (Lipinski definition) is 2. The van der Waals surface area contributed by atoms with E-state index in [-0.39, 0.29) is 5.91 Å². The van der Waals surface area contributed by atoms with Crippen LogP contribution in [0.25, 0.3) is 0 Å². The van der Waals surface area contributed by atoms with Crippen molar-refractivity contribution in [3.8, 4) is 0 Å². The number of benzene rings is 1. The van der Waals surface area contributed by atoms with E-state index in [0.717, 1.165) is 0 Å². The van der Waals surface area contributed by atoms with Gasteiger partial charge in [0.2, 0.25) is 0 Å². The van der Waals surface area contributed by atoms with E-state index < -0.39 is 11.9 Å². The molecule has 1 aliphatic carbocycles. The SMILES string of the molecule is O=C(NC1=CC(C(=O)O)CC=C1)c1ccccc1. The molecule has 0 aliphatic heterocycles. The van der Waals surface area contributed by atoms with Crippen molar-refractivity contribution in [2.45, 2.75) is 6.42 Å². The van der Waals surface area contributed by atoms with Crippen molar-refractivity contribution in [3.63, 3.8) is 0 Å². The summed E-state index contributed by atoms with van der Waals surface area (Å²) < 4.78 is 0. The van der Waals surface area contributed by atoms with E-state index in [2.05, 4.69) is 5.32 Å². The number of rotatable bonds is 3. The molecule has 1 aromatic rings. The second-order valence-electron chi connectivity index (χ2n) is 4.02. The molecule has 2 N–H and O–H groups in total. The molecule has 18 heavy (non-hydrogen) atoms. The number of carbonyl (C=O) groups excluding carboxylic acids is 1. The normalized spacial score (nSPS) is 18.0. The third kappa shape index (κ3) is 2.85. The molecule has 2 rings (SSSR count). The highest BCUT2D eigenvalue weighted by Crippen LogP contribution is 2.15. The Morgan fingerprint density at radius 3 is 2.61 bits per heavy atom. The average Bonchev–Trinajstić information content (AvgIpc) is 2.40. The molecule has 1 aromatic carbocycles. The lowest BCUT2D eigenvalue weighted by Gasteiger charge is -2.13. The largest absolute Gasteiger partial charge is 0.481 e. The molecule has 4 nitrogen and oxygen atoms in total. The highest BCUT2D eigenvalue weighted by Gasteiger charge is 2.17. The van der Waals surface area contributed by atoms with Crippen LogP contribution in [0.4, 0.5) is 0 Å². The first-order chi connectivity index (χ1) is 8.66. The fourth-order valence-electron chi connectivity index (χ4n) is 1.73. The summed E-state index contributed by atoms with van der Waals surface area (Å²) in [5.41, 5.74) is 1.08. The van der Waals surface area contributed by atoms with Gasteiger partial charge in [-0.3, -0.25) is 9.59 Å². The van der Waals surface area contributed by atoms with Crippen LogP contribution in [0, 0.1) is 5.92 Å². The van der Waals surface area contributed by atoms with Gasteiger partial charge in [0.1, 0.15) is 0 Å². The fourth-order valence-corrected chi connectivity index (χ4v) is 1.73. The summed E-state index contributed by atoms with van der Waals surface area (Å²) in [5.74, 6) is -1.69. The van der Waals surface area contributed by atoms with Crippen LogP contribution >= 0.6 is 0 Å². The molecule has 0 saturated carbocycles. The molecule has 0 radical (unpaired) electrons. The van der Waals surface area contributed by atoms with E-state index in [0.29, 0.717) is 17.7 Å². The number of amides is 1. The molecule has 0 saturated heterocycles. The van der Waals surface area contributed by atoms with E-state index in [9.17, 15) is 9.59 Å². The number of carboxylic acid groups (broad SMARTS) is 1. The number of allylic oxidation sites excluding steroid dienone is 2. The smallest absolute Gasteiger partial charge is 0.310 e. The van der Waals surface area contributed by atoms with Crippen LogP contribution in [0.3, 0.4) is 0 Å². The zero-order valence-corrected chi connectivity index (χ0v) is 9.67. The maximum Gasteiger partial charge on any atom is 0.310 e. The predicted octanol–water partition coefficient (Wildman–Crippen LogP) is 1.96. The molecule has 1 aliphatic rings. The van der Waals surface area contributed by atoms with Crippen molar-refractivity contribution in [1.82, 2.24) is 5.32 Å². The Labute approximate surface area is 105 Å². The van der Waals surface area contributed by atoms with Crippen LogP contribution in [-0.4, -0.2) is 17.0 Å². The lowest BCUT2D eigenvalue weighted by molar-refractivity contribution is -0.140. The summed E-state index contributed by atoms with van der Waals surface area (Å²) in [5, 5.41) is 11.6. The van der Waals surface area contributed by atoms with Crippen LogP contribution < -0.4 is 5.32 Å². The number of nitrogens with one attached hydrogen (secondary N) is 1. The minimum Gasteiger partial charge on any atom is -0.481 e.